The summed E-state index contributed by atoms with van der Waals surface area (Å²) < 4.78 is 66.2. The van der Waals surface area contributed by atoms with Crippen molar-refractivity contribution >= 4 is 44.6 Å². The number of alkyl halides is 3. The van der Waals surface area contributed by atoms with Gasteiger partial charge < -0.3 is 5.32 Å². The van der Waals surface area contributed by atoms with Crippen LogP contribution in [0.3, 0.4) is 0 Å². The second-order valence-corrected chi connectivity index (χ2v) is 9.12. The number of nitro groups is 1. The molecule has 178 valence electrons. The van der Waals surface area contributed by atoms with Gasteiger partial charge in [0.25, 0.3) is 21.6 Å². The predicted molar refractivity (Wildman–Crippen MR) is 119 cm³/mol. The van der Waals surface area contributed by atoms with Crippen LogP contribution >= 0.6 is 11.6 Å². The zero-order valence-corrected chi connectivity index (χ0v) is 18.8. The van der Waals surface area contributed by atoms with Crippen molar-refractivity contribution in [1.82, 2.24) is 0 Å². The lowest BCUT2D eigenvalue weighted by Crippen LogP contribution is -2.15. The molecule has 8 nitrogen and oxygen atoms in total. The molecule has 0 bridgehead atoms. The average molecular weight is 514 g/mol. The lowest BCUT2D eigenvalue weighted by atomic mass is 10.1. The highest BCUT2D eigenvalue weighted by Crippen LogP contribution is 2.36. The molecule has 0 atom stereocenters. The molecule has 0 spiro atoms. The van der Waals surface area contributed by atoms with Crippen LogP contribution in [0.15, 0.2) is 65.6 Å². The van der Waals surface area contributed by atoms with Gasteiger partial charge >= 0.3 is 6.18 Å². The molecule has 0 saturated heterocycles. The number of nitrogens with zero attached hydrogens (tertiary/aromatic N) is 1. The number of hydrogen-bond acceptors (Lipinski definition) is 5. The molecule has 0 aromatic heterocycles. The molecular formula is C21H15ClF3N3O5S. The first kappa shape index (κ1) is 25.0. The van der Waals surface area contributed by atoms with Gasteiger partial charge in [-0.2, -0.15) is 13.2 Å². The average Bonchev–Trinajstić information content (AvgIpc) is 2.74. The van der Waals surface area contributed by atoms with E-state index in [1.807, 2.05) is 4.72 Å². The highest BCUT2D eigenvalue weighted by Gasteiger charge is 2.33. The molecule has 0 aliphatic heterocycles. The van der Waals surface area contributed by atoms with E-state index in [4.69, 9.17) is 11.6 Å². The Kier molecular flexibility index (Phi) is 6.84. The molecule has 0 unspecified atom stereocenters. The van der Waals surface area contributed by atoms with Crippen molar-refractivity contribution in [3.05, 3.63) is 92.5 Å². The second kappa shape index (κ2) is 9.31. The van der Waals surface area contributed by atoms with E-state index in [-0.39, 0.29) is 27.5 Å². The van der Waals surface area contributed by atoms with Gasteiger partial charge in [0, 0.05) is 28.6 Å². The number of aryl methyl sites for hydroxylation is 1. The van der Waals surface area contributed by atoms with E-state index in [0.717, 1.165) is 30.3 Å². The van der Waals surface area contributed by atoms with Gasteiger partial charge in [-0.3, -0.25) is 19.6 Å². The van der Waals surface area contributed by atoms with E-state index in [9.17, 15) is 36.5 Å². The minimum atomic E-state index is -4.77. The number of halogens is 4. The van der Waals surface area contributed by atoms with Crippen LogP contribution in [0.2, 0.25) is 5.02 Å². The molecule has 3 rings (SSSR count). The smallest absolute Gasteiger partial charge is 0.322 e. The first-order chi connectivity index (χ1) is 15.8. The van der Waals surface area contributed by atoms with E-state index < -0.39 is 37.6 Å². The first-order valence-electron chi connectivity index (χ1n) is 9.34. The Morgan fingerprint density at radius 2 is 1.62 bits per heavy atom. The summed E-state index contributed by atoms with van der Waals surface area (Å²) in [6.07, 6.45) is -4.77. The number of nitro benzene ring substituents is 1. The van der Waals surface area contributed by atoms with Crippen molar-refractivity contribution in [2.45, 2.75) is 18.0 Å². The van der Waals surface area contributed by atoms with Gasteiger partial charge in [-0.05, 0) is 55.5 Å². The molecule has 0 fully saturated rings. The maximum atomic E-state index is 13.0. The van der Waals surface area contributed by atoms with Gasteiger partial charge in [0.05, 0.1) is 20.4 Å². The summed E-state index contributed by atoms with van der Waals surface area (Å²) in [5, 5.41) is 13.0. The van der Waals surface area contributed by atoms with E-state index in [1.165, 1.54) is 31.2 Å². The van der Waals surface area contributed by atoms with Gasteiger partial charge in [-0.15, -0.1) is 0 Å². The number of hydrogen-bond donors (Lipinski definition) is 2. The molecule has 3 aromatic carbocycles. The highest BCUT2D eigenvalue weighted by atomic mass is 35.5. The van der Waals surface area contributed by atoms with Gasteiger partial charge in [0.15, 0.2) is 0 Å². The Labute approximate surface area is 196 Å². The van der Waals surface area contributed by atoms with Crippen molar-refractivity contribution in [2.24, 2.45) is 0 Å². The Morgan fingerprint density at radius 1 is 1.00 bits per heavy atom. The maximum Gasteiger partial charge on any atom is 0.417 e. The summed E-state index contributed by atoms with van der Waals surface area (Å²) >= 11 is 5.54. The Morgan fingerprint density at radius 3 is 2.21 bits per heavy atom. The van der Waals surface area contributed by atoms with Gasteiger partial charge in [-0.1, -0.05) is 17.7 Å². The number of anilines is 2. The first-order valence-corrected chi connectivity index (χ1v) is 11.2. The molecule has 0 aliphatic rings. The Hall–Kier alpha value is -3.64. The minimum Gasteiger partial charge on any atom is -0.322 e. The molecule has 1 amide bonds. The summed E-state index contributed by atoms with van der Waals surface area (Å²) in [6, 6.07) is 11.3. The lowest BCUT2D eigenvalue weighted by Gasteiger charge is -2.13. The summed E-state index contributed by atoms with van der Waals surface area (Å²) in [6.45, 7) is 1.53. The standard InChI is InChI=1S/C21H15ClF3N3O5S/c1-12-2-3-13(10-19(12)28(30)31)20(29)26-14-4-7-16(8-5-14)34(32,33)27-15-6-9-18(22)17(11-15)21(23,24)25/h2-11,27H,1H3,(H,26,29). The SMILES string of the molecule is Cc1ccc(C(=O)Nc2ccc(S(=O)(=O)Nc3ccc(Cl)c(C(F)(F)F)c3)cc2)cc1[N+](=O)[O-]. The van der Waals surface area contributed by atoms with Crippen LogP contribution in [0.4, 0.5) is 30.2 Å². The summed E-state index contributed by atoms with van der Waals surface area (Å²) in [7, 11) is -4.25. The van der Waals surface area contributed by atoms with Crippen LogP contribution in [0, 0.1) is 17.0 Å². The van der Waals surface area contributed by atoms with Crippen LogP contribution in [0.1, 0.15) is 21.5 Å². The minimum absolute atomic E-state index is 0.0267. The zero-order chi connectivity index (χ0) is 25.3. The van der Waals surface area contributed by atoms with Crippen molar-refractivity contribution < 1.29 is 31.3 Å². The molecule has 34 heavy (non-hydrogen) atoms. The normalized spacial score (nSPS) is 11.7. The molecule has 0 heterocycles. The number of sulfonamides is 1. The number of carbonyl (C=O) groups excluding carboxylic acids is 1. The summed E-state index contributed by atoms with van der Waals surface area (Å²) in [4.78, 5) is 22.6. The predicted octanol–water partition coefficient (Wildman–Crippen LogP) is 5.63. The van der Waals surface area contributed by atoms with E-state index in [1.54, 1.807) is 0 Å². The largest absolute Gasteiger partial charge is 0.417 e. The molecule has 0 aliphatic carbocycles. The van der Waals surface area contributed by atoms with Crippen molar-refractivity contribution in [2.75, 3.05) is 10.0 Å². The number of rotatable bonds is 6. The van der Waals surface area contributed by atoms with Crippen LogP contribution in [0.5, 0.6) is 0 Å². The van der Waals surface area contributed by atoms with Crippen LogP contribution in [0.25, 0.3) is 0 Å². The molecule has 0 radical (unpaired) electrons. The topological polar surface area (TPSA) is 118 Å². The molecule has 13 heteroatoms. The fourth-order valence-electron chi connectivity index (χ4n) is 2.89. The molecule has 3 aromatic rings. The summed E-state index contributed by atoms with van der Waals surface area (Å²) in [5.74, 6) is -0.655. The van der Waals surface area contributed by atoms with Gasteiger partial charge in [-0.25, -0.2) is 8.42 Å². The van der Waals surface area contributed by atoms with E-state index in [2.05, 4.69) is 5.32 Å². The lowest BCUT2D eigenvalue weighted by molar-refractivity contribution is -0.385. The highest BCUT2D eigenvalue weighted by molar-refractivity contribution is 7.92. The fraction of sp³-hybridized carbons (Fsp3) is 0.0952. The number of amides is 1. The van der Waals surface area contributed by atoms with E-state index in [0.29, 0.717) is 11.6 Å². The van der Waals surface area contributed by atoms with Crippen LogP contribution < -0.4 is 10.0 Å². The van der Waals surface area contributed by atoms with E-state index >= 15 is 0 Å². The van der Waals surface area contributed by atoms with Crippen LogP contribution in [-0.4, -0.2) is 19.2 Å². The maximum absolute atomic E-state index is 13.0. The monoisotopic (exact) mass is 513 g/mol. The second-order valence-electron chi connectivity index (χ2n) is 7.03. The van der Waals surface area contributed by atoms with Crippen molar-refractivity contribution in [3.63, 3.8) is 0 Å². The third kappa shape index (κ3) is 5.64. The van der Waals surface area contributed by atoms with Gasteiger partial charge in [0.2, 0.25) is 0 Å². The Bertz CT molecular complexity index is 1380. The number of nitrogens with one attached hydrogen (secondary N) is 2. The zero-order valence-electron chi connectivity index (χ0n) is 17.2. The Balaban J connectivity index is 1.77. The molecular weight excluding hydrogens is 499 g/mol. The van der Waals surface area contributed by atoms with Crippen LogP contribution in [-0.2, 0) is 16.2 Å². The quantitative estimate of drug-likeness (QED) is 0.327. The number of carbonyl (C=O) groups is 1. The molecule has 2 N–H and O–H groups in total. The van der Waals surface area contributed by atoms with Crippen molar-refractivity contribution in [1.29, 1.82) is 0 Å². The third-order valence-electron chi connectivity index (χ3n) is 4.61. The number of benzene rings is 3. The van der Waals surface area contributed by atoms with Crippen molar-refractivity contribution in [3.8, 4) is 0 Å². The molecule has 0 saturated carbocycles. The fourth-order valence-corrected chi connectivity index (χ4v) is 4.16. The third-order valence-corrected chi connectivity index (χ3v) is 6.34. The van der Waals surface area contributed by atoms with Gasteiger partial charge in [0.1, 0.15) is 0 Å². The summed E-state index contributed by atoms with van der Waals surface area (Å²) in [5.41, 5.74) is -1.15.